The molecule has 3 heterocycles. The smallest absolute Gasteiger partial charge is 0.415 e. The minimum Gasteiger partial charge on any atom is -0.478 e. The fourth-order valence-corrected chi connectivity index (χ4v) is 4.27. The Morgan fingerprint density at radius 2 is 1.76 bits per heavy atom. The van der Waals surface area contributed by atoms with Gasteiger partial charge in [0, 0.05) is 44.3 Å². The van der Waals surface area contributed by atoms with Crippen molar-refractivity contribution in [2.45, 2.75) is 11.4 Å². The van der Waals surface area contributed by atoms with Crippen molar-refractivity contribution in [2.75, 3.05) is 36.8 Å². The first-order valence-corrected chi connectivity index (χ1v) is 11.6. The maximum atomic E-state index is 12.5. The number of aromatic nitrogens is 2. The quantitative estimate of drug-likeness (QED) is 0.527. The fourth-order valence-electron chi connectivity index (χ4n) is 3.41. The van der Waals surface area contributed by atoms with Gasteiger partial charge in [0.15, 0.2) is 0 Å². The summed E-state index contributed by atoms with van der Waals surface area (Å²) in [5.74, 6) is 1.14. The number of carboxylic acids is 1. The Morgan fingerprint density at radius 1 is 0.970 bits per heavy atom. The Hall–Kier alpha value is -3.59. The number of aromatic carboxylic acids is 1. The molecule has 0 atom stereocenters. The number of hydrogen-bond acceptors (Lipinski definition) is 7. The zero-order valence-electron chi connectivity index (χ0n) is 18.0. The van der Waals surface area contributed by atoms with Crippen LogP contribution in [0.15, 0.2) is 72.0 Å². The maximum absolute atomic E-state index is 12.5. The second-order valence-electron chi connectivity index (χ2n) is 7.46. The Kier molecular flexibility index (Phi) is 7.41. The average Bonchev–Trinajstić information content (AvgIpc) is 2.86. The van der Waals surface area contributed by atoms with Crippen molar-refractivity contribution in [3.05, 3.63) is 78.1 Å². The summed E-state index contributed by atoms with van der Waals surface area (Å²) in [4.78, 5) is 35.7. The highest BCUT2D eigenvalue weighted by Crippen LogP contribution is 2.19. The Morgan fingerprint density at radius 3 is 2.39 bits per heavy atom. The number of thioether (sulfide) groups is 1. The van der Waals surface area contributed by atoms with E-state index in [0.29, 0.717) is 37.7 Å². The lowest BCUT2D eigenvalue weighted by atomic mass is 10.2. The third-order valence-corrected chi connectivity index (χ3v) is 6.21. The third kappa shape index (κ3) is 6.23. The monoisotopic (exact) mass is 464 g/mol. The SMILES string of the molecule is O=C(O)c1ccc(N2CCN(C(=O)Oc3ccc(CCSc4ccccn4)cc3)CC2)nc1. The number of rotatable bonds is 7. The van der Waals surface area contributed by atoms with Crippen LogP contribution < -0.4 is 9.64 Å². The van der Waals surface area contributed by atoms with Crippen LogP contribution in [0.2, 0.25) is 0 Å². The average molecular weight is 465 g/mol. The number of carboxylic acid groups (broad SMARTS) is 1. The lowest BCUT2D eigenvalue weighted by molar-refractivity contribution is 0.0696. The van der Waals surface area contributed by atoms with Crippen LogP contribution >= 0.6 is 11.8 Å². The van der Waals surface area contributed by atoms with Gasteiger partial charge in [0.05, 0.1) is 10.6 Å². The van der Waals surface area contributed by atoms with Gasteiger partial charge in [0.2, 0.25) is 0 Å². The number of anilines is 1. The molecule has 1 saturated heterocycles. The van der Waals surface area contributed by atoms with Crippen molar-refractivity contribution in [3.63, 3.8) is 0 Å². The number of hydrogen-bond donors (Lipinski definition) is 1. The predicted octanol–water partition coefficient (Wildman–Crippen LogP) is 3.83. The number of carbonyl (C=O) groups is 2. The van der Waals surface area contributed by atoms with E-state index < -0.39 is 5.97 Å². The second kappa shape index (κ2) is 10.8. The summed E-state index contributed by atoms with van der Waals surface area (Å²) in [6, 6.07) is 16.7. The lowest BCUT2D eigenvalue weighted by Crippen LogP contribution is -2.49. The van der Waals surface area contributed by atoms with Crippen LogP contribution in [0.1, 0.15) is 15.9 Å². The molecule has 0 spiro atoms. The summed E-state index contributed by atoms with van der Waals surface area (Å²) < 4.78 is 5.54. The van der Waals surface area contributed by atoms with Gasteiger partial charge in [-0.1, -0.05) is 18.2 Å². The molecule has 8 nitrogen and oxygen atoms in total. The van der Waals surface area contributed by atoms with Crippen LogP contribution in [0.5, 0.6) is 5.75 Å². The first-order valence-electron chi connectivity index (χ1n) is 10.6. The van der Waals surface area contributed by atoms with E-state index in [1.54, 1.807) is 28.9 Å². The largest absolute Gasteiger partial charge is 0.478 e. The van der Waals surface area contributed by atoms with Gasteiger partial charge in [0.25, 0.3) is 0 Å². The van der Waals surface area contributed by atoms with Crippen LogP contribution in [0.25, 0.3) is 0 Å². The van der Waals surface area contributed by atoms with Gasteiger partial charge in [-0.05, 0) is 48.4 Å². The normalized spacial score (nSPS) is 13.6. The molecule has 9 heteroatoms. The highest BCUT2D eigenvalue weighted by molar-refractivity contribution is 7.99. The van der Waals surface area contributed by atoms with Crippen LogP contribution in [0, 0.1) is 0 Å². The standard InChI is InChI=1S/C24H24N4O4S/c29-23(30)19-6-9-21(26-17-19)27-12-14-28(15-13-27)24(31)32-20-7-4-18(5-8-20)10-16-33-22-3-1-2-11-25-22/h1-9,11,17H,10,12-16H2,(H,29,30). The van der Waals surface area contributed by atoms with Crippen molar-refractivity contribution in [1.82, 2.24) is 14.9 Å². The van der Waals surface area contributed by atoms with Crippen molar-refractivity contribution < 1.29 is 19.4 Å². The van der Waals surface area contributed by atoms with Crippen molar-refractivity contribution in [2.24, 2.45) is 0 Å². The number of carbonyl (C=O) groups excluding carboxylic acids is 1. The van der Waals surface area contributed by atoms with Crippen LogP contribution in [-0.2, 0) is 6.42 Å². The molecule has 0 radical (unpaired) electrons. The molecule has 33 heavy (non-hydrogen) atoms. The molecule has 2 aromatic heterocycles. The minimum absolute atomic E-state index is 0.152. The van der Waals surface area contributed by atoms with Gasteiger partial charge < -0.3 is 19.6 Å². The number of benzene rings is 1. The molecule has 0 unspecified atom stereocenters. The van der Waals surface area contributed by atoms with Crippen LogP contribution in [0.3, 0.4) is 0 Å². The highest BCUT2D eigenvalue weighted by Gasteiger charge is 2.23. The molecule has 1 N–H and O–H groups in total. The molecule has 4 rings (SSSR count). The van der Waals surface area contributed by atoms with Gasteiger partial charge in [-0.15, -0.1) is 11.8 Å². The molecule has 170 valence electrons. The summed E-state index contributed by atoms with van der Waals surface area (Å²) in [5, 5.41) is 9.99. The van der Waals surface area contributed by atoms with Gasteiger partial charge in [-0.2, -0.15) is 0 Å². The van der Waals surface area contributed by atoms with Gasteiger partial charge >= 0.3 is 12.1 Å². The molecule has 1 fully saturated rings. The van der Waals surface area contributed by atoms with E-state index in [2.05, 4.69) is 9.97 Å². The first-order chi connectivity index (χ1) is 16.1. The summed E-state index contributed by atoms with van der Waals surface area (Å²) in [7, 11) is 0. The first kappa shape index (κ1) is 22.6. The van der Waals surface area contributed by atoms with E-state index in [1.807, 2.05) is 47.4 Å². The van der Waals surface area contributed by atoms with Crippen molar-refractivity contribution in [1.29, 1.82) is 0 Å². The number of aryl methyl sites for hydroxylation is 1. The number of pyridine rings is 2. The third-order valence-electron chi connectivity index (χ3n) is 5.26. The van der Waals surface area contributed by atoms with Gasteiger partial charge in [-0.3, -0.25) is 0 Å². The number of ether oxygens (including phenoxy) is 1. The maximum Gasteiger partial charge on any atom is 0.415 e. The second-order valence-corrected chi connectivity index (χ2v) is 8.58. The van der Waals surface area contributed by atoms with E-state index >= 15 is 0 Å². The zero-order valence-corrected chi connectivity index (χ0v) is 18.8. The Balaban J connectivity index is 1.22. The highest BCUT2D eigenvalue weighted by atomic mass is 32.2. The Bertz CT molecular complexity index is 1070. The molecular formula is C24H24N4O4S. The molecule has 1 aliphatic rings. The van der Waals surface area contributed by atoms with Gasteiger partial charge in [0.1, 0.15) is 11.6 Å². The molecule has 1 aliphatic heterocycles. The van der Waals surface area contributed by atoms with E-state index in [0.717, 1.165) is 17.2 Å². The van der Waals surface area contributed by atoms with E-state index in [-0.39, 0.29) is 11.7 Å². The van der Waals surface area contributed by atoms with Gasteiger partial charge in [-0.25, -0.2) is 19.6 Å². The molecule has 0 aliphatic carbocycles. The van der Waals surface area contributed by atoms with Crippen molar-refractivity contribution in [3.8, 4) is 5.75 Å². The molecule has 0 saturated carbocycles. The minimum atomic E-state index is -1.00. The number of nitrogens with zero attached hydrogens (tertiary/aromatic N) is 4. The lowest BCUT2D eigenvalue weighted by Gasteiger charge is -2.34. The molecule has 0 bridgehead atoms. The fraction of sp³-hybridized carbons (Fsp3) is 0.250. The summed E-state index contributed by atoms with van der Waals surface area (Å²) in [6.45, 7) is 2.21. The molecule has 1 aromatic carbocycles. The summed E-state index contributed by atoms with van der Waals surface area (Å²) in [6.07, 6.45) is 3.67. The van der Waals surface area contributed by atoms with Crippen LogP contribution in [0.4, 0.5) is 10.6 Å². The predicted molar refractivity (Wildman–Crippen MR) is 126 cm³/mol. The number of piperazine rings is 1. The number of amides is 1. The van der Waals surface area contributed by atoms with E-state index in [4.69, 9.17) is 9.84 Å². The van der Waals surface area contributed by atoms with Crippen LogP contribution in [-0.4, -0.2) is 64.0 Å². The summed E-state index contributed by atoms with van der Waals surface area (Å²) in [5.41, 5.74) is 1.33. The van der Waals surface area contributed by atoms with Crippen molar-refractivity contribution >= 4 is 29.6 Å². The zero-order chi connectivity index (χ0) is 23.0. The Labute approximate surface area is 196 Å². The molecular weight excluding hydrogens is 440 g/mol. The molecule has 1 amide bonds. The summed E-state index contributed by atoms with van der Waals surface area (Å²) >= 11 is 1.71. The van der Waals surface area contributed by atoms with E-state index in [9.17, 15) is 9.59 Å². The molecule has 3 aromatic rings. The van der Waals surface area contributed by atoms with E-state index in [1.165, 1.54) is 17.8 Å². The topological polar surface area (TPSA) is 95.9 Å².